The van der Waals surface area contributed by atoms with Crippen LogP contribution in [0.4, 0.5) is 0 Å². The molecule has 1 heterocycles. The number of hydrogen-bond acceptors (Lipinski definition) is 2. The van der Waals surface area contributed by atoms with Gasteiger partial charge in [-0.05, 0) is 32.2 Å². The number of hydrogen-bond donors (Lipinski definition) is 1. The van der Waals surface area contributed by atoms with Crippen LogP contribution in [0.3, 0.4) is 0 Å². The van der Waals surface area contributed by atoms with Crippen LogP contribution >= 0.6 is 0 Å². The quantitative estimate of drug-likeness (QED) is 0.640. The van der Waals surface area contributed by atoms with Crippen molar-refractivity contribution < 1.29 is 0 Å². The lowest BCUT2D eigenvalue weighted by molar-refractivity contribution is 0.151. The zero-order chi connectivity index (χ0) is 8.39. The standard InChI is InChI=1S/C10H20N2/c11-9-4-3-7-12(8-9)10-5-1-2-6-10/h9-10H,1-8,11H2. The van der Waals surface area contributed by atoms with E-state index in [0.717, 1.165) is 12.6 Å². The van der Waals surface area contributed by atoms with Crippen molar-refractivity contribution in [2.45, 2.75) is 50.6 Å². The fourth-order valence-corrected chi connectivity index (χ4v) is 2.64. The average Bonchev–Trinajstić information content (AvgIpc) is 2.56. The maximum absolute atomic E-state index is 5.95. The summed E-state index contributed by atoms with van der Waals surface area (Å²) < 4.78 is 0. The topological polar surface area (TPSA) is 29.3 Å². The van der Waals surface area contributed by atoms with E-state index in [1.807, 2.05) is 0 Å². The highest BCUT2D eigenvalue weighted by molar-refractivity contribution is 4.83. The normalized spacial score (nSPS) is 34.2. The van der Waals surface area contributed by atoms with E-state index in [2.05, 4.69) is 4.90 Å². The van der Waals surface area contributed by atoms with Crippen molar-refractivity contribution >= 4 is 0 Å². The summed E-state index contributed by atoms with van der Waals surface area (Å²) in [5.74, 6) is 0. The molecule has 1 aliphatic carbocycles. The molecule has 2 N–H and O–H groups in total. The van der Waals surface area contributed by atoms with E-state index in [9.17, 15) is 0 Å². The van der Waals surface area contributed by atoms with Gasteiger partial charge < -0.3 is 5.73 Å². The summed E-state index contributed by atoms with van der Waals surface area (Å²) in [6.07, 6.45) is 8.28. The van der Waals surface area contributed by atoms with Crippen LogP contribution in [-0.4, -0.2) is 30.1 Å². The molecule has 2 heteroatoms. The fraction of sp³-hybridized carbons (Fsp3) is 1.00. The summed E-state index contributed by atoms with van der Waals surface area (Å²) in [5.41, 5.74) is 5.95. The molecule has 1 saturated heterocycles. The maximum Gasteiger partial charge on any atom is 0.0168 e. The van der Waals surface area contributed by atoms with Gasteiger partial charge in [0.05, 0.1) is 0 Å². The third-order valence-corrected chi connectivity index (χ3v) is 3.33. The molecule has 0 amide bonds. The molecule has 2 fully saturated rings. The molecule has 0 bridgehead atoms. The van der Waals surface area contributed by atoms with E-state index in [4.69, 9.17) is 5.73 Å². The Balaban J connectivity index is 1.85. The van der Waals surface area contributed by atoms with E-state index < -0.39 is 0 Å². The van der Waals surface area contributed by atoms with Gasteiger partial charge in [-0.15, -0.1) is 0 Å². The van der Waals surface area contributed by atoms with Crippen LogP contribution in [0.2, 0.25) is 0 Å². The first kappa shape index (κ1) is 8.52. The first-order valence-corrected chi connectivity index (χ1v) is 5.36. The summed E-state index contributed by atoms with van der Waals surface area (Å²) in [5, 5.41) is 0. The highest BCUT2D eigenvalue weighted by Crippen LogP contribution is 2.25. The lowest BCUT2D eigenvalue weighted by Crippen LogP contribution is -2.46. The number of likely N-dealkylation sites (tertiary alicyclic amines) is 1. The van der Waals surface area contributed by atoms with Crippen LogP contribution in [0, 0.1) is 0 Å². The second-order valence-electron chi connectivity index (χ2n) is 4.34. The number of piperidine rings is 1. The third kappa shape index (κ3) is 1.80. The molecule has 1 saturated carbocycles. The van der Waals surface area contributed by atoms with Gasteiger partial charge in [0.25, 0.3) is 0 Å². The molecular weight excluding hydrogens is 148 g/mol. The van der Waals surface area contributed by atoms with Crippen molar-refractivity contribution in [1.29, 1.82) is 0 Å². The maximum atomic E-state index is 5.95. The third-order valence-electron chi connectivity index (χ3n) is 3.33. The molecule has 0 radical (unpaired) electrons. The number of nitrogens with zero attached hydrogens (tertiary/aromatic N) is 1. The average molecular weight is 168 g/mol. The molecule has 1 atom stereocenters. The molecule has 12 heavy (non-hydrogen) atoms. The Kier molecular flexibility index (Phi) is 2.66. The molecule has 0 aromatic rings. The van der Waals surface area contributed by atoms with Crippen molar-refractivity contribution in [3.8, 4) is 0 Å². The van der Waals surface area contributed by atoms with Gasteiger partial charge in [0.2, 0.25) is 0 Å². The Morgan fingerprint density at radius 2 is 1.75 bits per heavy atom. The summed E-state index contributed by atoms with van der Waals surface area (Å²) >= 11 is 0. The first-order valence-electron chi connectivity index (χ1n) is 5.36. The van der Waals surface area contributed by atoms with E-state index in [1.165, 1.54) is 45.1 Å². The van der Waals surface area contributed by atoms with Crippen LogP contribution in [0.25, 0.3) is 0 Å². The van der Waals surface area contributed by atoms with Crippen molar-refractivity contribution in [2.75, 3.05) is 13.1 Å². The molecular formula is C10H20N2. The Labute approximate surface area is 75.1 Å². The molecule has 70 valence electrons. The molecule has 2 rings (SSSR count). The van der Waals surface area contributed by atoms with Crippen molar-refractivity contribution in [2.24, 2.45) is 5.73 Å². The molecule has 1 aliphatic heterocycles. The number of rotatable bonds is 1. The zero-order valence-corrected chi connectivity index (χ0v) is 7.84. The predicted molar refractivity (Wildman–Crippen MR) is 51.0 cm³/mol. The van der Waals surface area contributed by atoms with Crippen LogP contribution in [0.1, 0.15) is 38.5 Å². The minimum atomic E-state index is 0.458. The Bertz CT molecular complexity index is 141. The van der Waals surface area contributed by atoms with Gasteiger partial charge in [-0.1, -0.05) is 12.8 Å². The van der Waals surface area contributed by atoms with Crippen LogP contribution in [-0.2, 0) is 0 Å². The highest BCUT2D eigenvalue weighted by atomic mass is 15.2. The number of nitrogens with two attached hydrogens (primary N) is 1. The lowest BCUT2D eigenvalue weighted by atomic mass is 10.0. The highest BCUT2D eigenvalue weighted by Gasteiger charge is 2.25. The second-order valence-corrected chi connectivity index (χ2v) is 4.34. The molecule has 2 aliphatic rings. The van der Waals surface area contributed by atoms with Gasteiger partial charge in [-0.25, -0.2) is 0 Å². The molecule has 0 spiro atoms. The second kappa shape index (κ2) is 3.75. The minimum absolute atomic E-state index is 0.458. The molecule has 2 nitrogen and oxygen atoms in total. The van der Waals surface area contributed by atoms with E-state index in [-0.39, 0.29) is 0 Å². The SMILES string of the molecule is NC1CCCN(C2CCCC2)C1. The van der Waals surface area contributed by atoms with Crippen LogP contribution in [0.5, 0.6) is 0 Å². The van der Waals surface area contributed by atoms with Crippen molar-refractivity contribution in [1.82, 2.24) is 4.90 Å². The Hall–Kier alpha value is -0.0800. The van der Waals surface area contributed by atoms with Gasteiger partial charge in [-0.2, -0.15) is 0 Å². The summed E-state index contributed by atoms with van der Waals surface area (Å²) in [6.45, 7) is 2.46. The monoisotopic (exact) mass is 168 g/mol. The Morgan fingerprint density at radius 3 is 2.42 bits per heavy atom. The minimum Gasteiger partial charge on any atom is -0.327 e. The fourth-order valence-electron chi connectivity index (χ4n) is 2.64. The van der Waals surface area contributed by atoms with Crippen LogP contribution < -0.4 is 5.73 Å². The van der Waals surface area contributed by atoms with E-state index in [1.54, 1.807) is 0 Å². The van der Waals surface area contributed by atoms with Crippen LogP contribution in [0.15, 0.2) is 0 Å². The summed E-state index contributed by atoms with van der Waals surface area (Å²) in [4.78, 5) is 2.63. The zero-order valence-electron chi connectivity index (χ0n) is 7.84. The Morgan fingerprint density at radius 1 is 1.00 bits per heavy atom. The van der Waals surface area contributed by atoms with Gasteiger partial charge >= 0.3 is 0 Å². The molecule has 0 aromatic heterocycles. The van der Waals surface area contributed by atoms with Gasteiger partial charge in [0.15, 0.2) is 0 Å². The molecule has 0 aromatic carbocycles. The van der Waals surface area contributed by atoms with Crippen molar-refractivity contribution in [3.63, 3.8) is 0 Å². The largest absolute Gasteiger partial charge is 0.327 e. The van der Waals surface area contributed by atoms with Crippen molar-refractivity contribution in [3.05, 3.63) is 0 Å². The van der Waals surface area contributed by atoms with Gasteiger partial charge in [0.1, 0.15) is 0 Å². The van der Waals surface area contributed by atoms with Gasteiger partial charge in [0, 0.05) is 18.6 Å². The predicted octanol–water partition coefficient (Wildman–Crippen LogP) is 1.35. The summed E-state index contributed by atoms with van der Waals surface area (Å²) in [7, 11) is 0. The van der Waals surface area contributed by atoms with E-state index in [0.29, 0.717) is 6.04 Å². The van der Waals surface area contributed by atoms with Gasteiger partial charge in [-0.3, -0.25) is 4.90 Å². The smallest absolute Gasteiger partial charge is 0.0168 e. The lowest BCUT2D eigenvalue weighted by Gasteiger charge is -2.35. The molecule has 1 unspecified atom stereocenters. The first-order chi connectivity index (χ1) is 5.86. The summed E-state index contributed by atoms with van der Waals surface area (Å²) in [6, 6.07) is 1.34. The van der Waals surface area contributed by atoms with E-state index >= 15 is 0 Å².